The van der Waals surface area contributed by atoms with Crippen LogP contribution in [0.15, 0.2) is 18.2 Å². The van der Waals surface area contributed by atoms with Gasteiger partial charge in [0.15, 0.2) is 0 Å². The highest BCUT2D eigenvalue weighted by atomic mass is 17.2. The van der Waals surface area contributed by atoms with Crippen LogP contribution in [-0.2, 0) is 27.6 Å². The van der Waals surface area contributed by atoms with Crippen LogP contribution in [0, 0.1) is 0 Å². The lowest BCUT2D eigenvalue weighted by Gasteiger charge is -2.06. The number of hydrogen-bond donors (Lipinski definition) is 1. The smallest absolute Gasteiger partial charge is 0.423 e. The van der Waals surface area contributed by atoms with Crippen LogP contribution in [0.1, 0.15) is 11.1 Å². The van der Waals surface area contributed by atoms with Gasteiger partial charge in [-0.05, 0) is 16.6 Å². The van der Waals surface area contributed by atoms with E-state index in [1.54, 1.807) is 0 Å². The Kier molecular flexibility index (Phi) is 2.83. The third-order valence-electron chi connectivity index (χ3n) is 2.26. The van der Waals surface area contributed by atoms with Crippen LogP contribution in [0.2, 0.25) is 0 Å². The van der Waals surface area contributed by atoms with Gasteiger partial charge in [0.1, 0.15) is 6.61 Å². The normalized spacial score (nSPS) is 14.6. The largest absolute Gasteiger partial charge is 0.492 e. The van der Waals surface area contributed by atoms with Crippen molar-refractivity contribution in [1.29, 1.82) is 0 Å². The third-order valence-corrected chi connectivity index (χ3v) is 2.26. The minimum Gasteiger partial charge on any atom is -0.423 e. The van der Waals surface area contributed by atoms with Gasteiger partial charge >= 0.3 is 7.12 Å². The van der Waals surface area contributed by atoms with Crippen molar-refractivity contribution in [3.63, 3.8) is 0 Å². The Labute approximate surface area is 82.5 Å². The first-order valence-corrected chi connectivity index (χ1v) is 4.39. The topological polar surface area (TPSA) is 47.9 Å². The molecule has 74 valence electrons. The maximum absolute atomic E-state index is 9.54. The molecule has 0 saturated heterocycles. The SMILES string of the molecule is COOCc1cccc2c1B(O)OC2. The molecule has 0 aliphatic carbocycles. The van der Waals surface area contributed by atoms with Crippen LogP contribution in [0.3, 0.4) is 0 Å². The Hall–Kier alpha value is -0.875. The Morgan fingerprint density at radius 1 is 1.57 bits per heavy atom. The highest BCUT2D eigenvalue weighted by Crippen LogP contribution is 2.13. The predicted molar refractivity (Wildman–Crippen MR) is 50.6 cm³/mol. The fourth-order valence-electron chi connectivity index (χ4n) is 1.61. The van der Waals surface area contributed by atoms with E-state index in [4.69, 9.17) is 9.54 Å². The van der Waals surface area contributed by atoms with Crippen molar-refractivity contribution >= 4 is 12.6 Å². The number of rotatable bonds is 3. The molecule has 1 aliphatic rings. The van der Waals surface area contributed by atoms with Gasteiger partial charge in [0.25, 0.3) is 0 Å². The molecule has 1 aromatic carbocycles. The summed E-state index contributed by atoms with van der Waals surface area (Å²) in [5.74, 6) is 0. The summed E-state index contributed by atoms with van der Waals surface area (Å²) in [6.07, 6.45) is 0. The zero-order chi connectivity index (χ0) is 9.97. The van der Waals surface area contributed by atoms with Crippen LogP contribution in [0.5, 0.6) is 0 Å². The monoisotopic (exact) mass is 194 g/mol. The second-order valence-corrected chi connectivity index (χ2v) is 3.08. The van der Waals surface area contributed by atoms with E-state index in [-0.39, 0.29) is 0 Å². The van der Waals surface area contributed by atoms with Crippen LogP contribution in [-0.4, -0.2) is 19.3 Å². The van der Waals surface area contributed by atoms with E-state index in [0.29, 0.717) is 13.2 Å². The molecule has 1 aliphatic heterocycles. The van der Waals surface area contributed by atoms with Crippen LogP contribution >= 0.6 is 0 Å². The highest BCUT2D eigenvalue weighted by molar-refractivity contribution is 6.62. The molecule has 1 heterocycles. The zero-order valence-electron chi connectivity index (χ0n) is 7.90. The molecule has 1 aromatic rings. The molecule has 0 amide bonds. The Balaban J connectivity index is 2.27. The highest BCUT2D eigenvalue weighted by Gasteiger charge is 2.29. The second-order valence-electron chi connectivity index (χ2n) is 3.08. The average molecular weight is 194 g/mol. The fraction of sp³-hybridized carbons (Fsp3) is 0.333. The zero-order valence-corrected chi connectivity index (χ0v) is 7.90. The molecule has 1 N–H and O–H groups in total. The van der Waals surface area contributed by atoms with Gasteiger partial charge in [-0.25, -0.2) is 9.78 Å². The van der Waals surface area contributed by atoms with Gasteiger partial charge in [-0.1, -0.05) is 18.2 Å². The molecule has 0 radical (unpaired) electrons. The first kappa shape index (κ1) is 9.67. The quantitative estimate of drug-likeness (QED) is 0.417. The predicted octanol–water partition coefficient (Wildman–Crippen LogP) is -0.0177. The molecular formula is C9H11BO4. The fourth-order valence-corrected chi connectivity index (χ4v) is 1.61. The molecule has 0 saturated carbocycles. The molecule has 0 fully saturated rings. The minimum absolute atomic E-state index is 0.320. The van der Waals surface area contributed by atoms with Crippen LogP contribution in [0.25, 0.3) is 0 Å². The summed E-state index contributed by atoms with van der Waals surface area (Å²) in [5, 5.41) is 9.54. The Bertz CT molecular complexity index is 329. The van der Waals surface area contributed by atoms with Crippen molar-refractivity contribution in [1.82, 2.24) is 0 Å². The summed E-state index contributed by atoms with van der Waals surface area (Å²) in [5.41, 5.74) is 2.72. The Morgan fingerprint density at radius 3 is 3.21 bits per heavy atom. The van der Waals surface area contributed by atoms with Crippen molar-refractivity contribution in [2.75, 3.05) is 7.11 Å². The van der Waals surface area contributed by atoms with E-state index < -0.39 is 7.12 Å². The lowest BCUT2D eigenvalue weighted by Crippen LogP contribution is -2.31. The van der Waals surface area contributed by atoms with Crippen LogP contribution < -0.4 is 5.46 Å². The third kappa shape index (κ3) is 1.67. The van der Waals surface area contributed by atoms with E-state index in [1.807, 2.05) is 18.2 Å². The first-order valence-electron chi connectivity index (χ1n) is 4.39. The van der Waals surface area contributed by atoms with E-state index in [0.717, 1.165) is 16.6 Å². The first-order chi connectivity index (χ1) is 6.83. The van der Waals surface area contributed by atoms with Crippen molar-refractivity contribution in [2.24, 2.45) is 0 Å². The summed E-state index contributed by atoms with van der Waals surface area (Å²) >= 11 is 0. The van der Waals surface area contributed by atoms with E-state index in [1.165, 1.54) is 7.11 Å². The van der Waals surface area contributed by atoms with Gasteiger partial charge in [-0.3, -0.25) is 0 Å². The van der Waals surface area contributed by atoms with Crippen LogP contribution in [0.4, 0.5) is 0 Å². The molecule has 0 atom stereocenters. The number of benzene rings is 1. The number of fused-ring (bicyclic) bond motifs is 1. The lowest BCUT2D eigenvalue weighted by atomic mass is 9.76. The average Bonchev–Trinajstić information content (AvgIpc) is 2.58. The maximum Gasteiger partial charge on any atom is 0.492 e. The summed E-state index contributed by atoms with van der Waals surface area (Å²) < 4.78 is 5.10. The van der Waals surface area contributed by atoms with Crippen molar-refractivity contribution in [3.8, 4) is 0 Å². The summed E-state index contributed by atoms with van der Waals surface area (Å²) in [4.78, 5) is 9.34. The summed E-state index contributed by atoms with van der Waals surface area (Å²) in [7, 11) is 0.623. The molecule has 0 spiro atoms. The molecule has 14 heavy (non-hydrogen) atoms. The minimum atomic E-state index is -0.832. The van der Waals surface area contributed by atoms with Gasteiger partial charge in [0.2, 0.25) is 0 Å². The second kappa shape index (κ2) is 4.10. The van der Waals surface area contributed by atoms with Crippen molar-refractivity contribution in [2.45, 2.75) is 13.2 Å². The van der Waals surface area contributed by atoms with Gasteiger partial charge in [0, 0.05) is 0 Å². The molecular weight excluding hydrogens is 183 g/mol. The maximum atomic E-state index is 9.54. The molecule has 5 heteroatoms. The Morgan fingerprint density at radius 2 is 2.43 bits per heavy atom. The van der Waals surface area contributed by atoms with Crippen molar-refractivity contribution < 1.29 is 19.5 Å². The van der Waals surface area contributed by atoms with Gasteiger partial charge < -0.3 is 9.68 Å². The number of hydrogen-bond acceptors (Lipinski definition) is 4. The van der Waals surface area contributed by atoms with Gasteiger partial charge in [-0.15, -0.1) is 0 Å². The van der Waals surface area contributed by atoms with E-state index in [9.17, 15) is 5.02 Å². The van der Waals surface area contributed by atoms with Crippen molar-refractivity contribution in [3.05, 3.63) is 29.3 Å². The molecule has 4 nitrogen and oxygen atoms in total. The summed E-state index contributed by atoms with van der Waals surface area (Å²) in [6.45, 7) is 0.775. The summed E-state index contributed by atoms with van der Waals surface area (Å²) in [6, 6.07) is 5.73. The van der Waals surface area contributed by atoms with E-state index >= 15 is 0 Å². The van der Waals surface area contributed by atoms with E-state index in [2.05, 4.69) is 4.89 Å². The van der Waals surface area contributed by atoms with Gasteiger partial charge in [0.05, 0.1) is 13.7 Å². The lowest BCUT2D eigenvalue weighted by molar-refractivity contribution is -0.282. The molecule has 0 aromatic heterocycles. The molecule has 0 bridgehead atoms. The standard InChI is InChI=1S/C9H11BO4/c1-12-14-6-8-4-2-3-7-5-13-10(11)9(7)8/h2-4,11H,5-6H2,1H3. The molecule has 0 unspecified atom stereocenters. The van der Waals surface area contributed by atoms with Gasteiger partial charge in [-0.2, -0.15) is 0 Å². The molecule has 2 rings (SSSR count).